The number of hydrogen-bond acceptors (Lipinski definition) is 4. The van der Waals surface area contributed by atoms with Gasteiger partial charge in [-0.1, -0.05) is 25.0 Å². The Morgan fingerprint density at radius 1 is 1.26 bits per heavy atom. The second-order valence-corrected chi connectivity index (χ2v) is 8.48. The number of carbonyl (C=O) groups excluding carboxylic acids is 1. The highest BCUT2D eigenvalue weighted by Crippen LogP contribution is 2.26. The van der Waals surface area contributed by atoms with Crippen LogP contribution < -0.4 is 15.4 Å². The summed E-state index contributed by atoms with van der Waals surface area (Å²) in [6, 6.07) is 9.04. The summed E-state index contributed by atoms with van der Waals surface area (Å²) in [5, 5.41) is 6.99. The fraction of sp³-hybridized carbons (Fsp3) is 0.652. The van der Waals surface area contributed by atoms with Crippen LogP contribution in [0.25, 0.3) is 0 Å². The van der Waals surface area contributed by atoms with Crippen molar-refractivity contribution in [3.05, 3.63) is 29.8 Å². The molecule has 1 unspecified atom stereocenters. The summed E-state index contributed by atoms with van der Waals surface area (Å²) in [5.74, 6) is 1.50. The first-order chi connectivity index (χ1) is 14.5. The predicted octanol–water partition coefficient (Wildman–Crippen LogP) is 2.84. The maximum atomic E-state index is 11.7. The lowest BCUT2D eigenvalue weighted by Gasteiger charge is -2.24. The van der Waals surface area contributed by atoms with Gasteiger partial charge in [0.1, 0.15) is 5.75 Å². The normalized spacial score (nSPS) is 19.7. The van der Waals surface area contributed by atoms with E-state index in [9.17, 15) is 4.79 Å². The molecule has 1 aliphatic heterocycles. The first-order valence-corrected chi connectivity index (χ1v) is 11.3. The molecule has 1 heterocycles. The zero-order valence-corrected chi connectivity index (χ0v) is 21.4. The largest absolute Gasteiger partial charge is 0.484 e. The summed E-state index contributed by atoms with van der Waals surface area (Å²) in [7, 11) is 3.45. The molecule has 7 nitrogen and oxygen atoms in total. The number of nitrogens with one attached hydrogen (secondary N) is 2. The average Bonchev–Trinajstić information content (AvgIpc) is 3.42. The van der Waals surface area contributed by atoms with Crippen LogP contribution in [0.2, 0.25) is 0 Å². The molecule has 2 aliphatic rings. The summed E-state index contributed by atoms with van der Waals surface area (Å²) in [4.78, 5) is 20.7. The van der Waals surface area contributed by atoms with E-state index in [4.69, 9.17) is 9.73 Å². The maximum absolute atomic E-state index is 11.7. The van der Waals surface area contributed by atoms with Crippen LogP contribution in [0.3, 0.4) is 0 Å². The number of benzene rings is 1. The molecule has 1 atom stereocenters. The predicted molar refractivity (Wildman–Crippen MR) is 136 cm³/mol. The quantitative estimate of drug-likeness (QED) is 0.300. The van der Waals surface area contributed by atoms with Crippen molar-refractivity contribution in [1.29, 1.82) is 0 Å². The number of hydrogen-bond donors (Lipinski definition) is 2. The van der Waals surface area contributed by atoms with Crippen molar-refractivity contribution >= 4 is 35.8 Å². The molecule has 1 aromatic rings. The van der Waals surface area contributed by atoms with Crippen molar-refractivity contribution in [2.24, 2.45) is 4.99 Å². The molecule has 3 rings (SSSR count). The molecular weight excluding hydrogens is 505 g/mol. The fourth-order valence-electron chi connectivity index (χ4n) is 4.20. The summed E-state index contributed by atoms with van der Waals surface area (Å²) in [6.07, 6.45) is 6.66. The lowest BCUT2D eigenvalue weighted by Crippen LogP contribution is -2.45. The fourth-order valence-corrected chi connectivity index (χ4v) is 4.20. The van der Waals surface area contributed by atoms with E-state index in [1.165, 1.54) is 43.5 Å². The van der Waals surface area contributed by atoms with E-state index in [1.807, 2.05) is 24.3 Å². The molecule has 1 aliphatic carbocycles. The third kappa shape index (κ3) is 8.14. The molecule has 1 amide bonds. The van der Waals surface area contributed by atoms with Gasteiger partial charge in [-0.3, -0.25) is 9.69 Å². The number of likely N-dealkylation sites (tertiary alicyclic amines) is 1. The molecule has 31 heavy (non-hydrogen) atoms. The molecule has 174 valence electrons. The molecule has 1 aromatic carbocycles. The van der Waals surface area contributed by atoms with Crippen LogP contribution in [-0.2, 0) is 11.3 Å². The third-order valence-corrected chi connectivity index (χ3v) is 5.93. The third-order valence-electron chi connectivity index (χ3n) is 5.93. The number of nitrogens with zero attached hydrogens (tertiary/aromatic N) is 3. The van der Waals surface area contributed by atoms with Gasteiger partial charge in [-0.25, -0.2) is 4.99 Å². The summed E-state index contributed by atoms with van der Waals surface area (Å²) in [6.45, 7) is 5.83. The molecule has 1 saturated heterocycles. The molecule has 8 heteroatoms. The van der Waals surface area contributed by atoms with Gasteiger partial charge in [0.15, 0.2) is 12.6 Å². The standard InChI is InChI=1S/C23H37N5O2.HI/c1-4-24-23(26-19-12-13-28(16-19)20-9-5-6-10-20)25-15-18-8-7-11-21(14-18)30-17-22(29)27(2)3;/h7-8,11,14,19-20H,4-6,9-10,12-13,15-17H2,1-3H3,(H2,24,25,26);1H. The first-order valence-electron chi connectivity index (χ1n) is 11.3. The molecule has 0 bridgehead atoms. The van der Waals surface area contributed by atoms with Gasteiger partial charge in [-0.05, 0) is 43.9 Å². The van der Waals surface area contributed by atoms with E-state index < -0.39 is 0 Å². The van der Waals surface area contributed by atoms with E-state index in [2.05, 4.69) is 22.5 Å². The summed E-state index contributed by atoms with van der Waals surface area (Å²) < 4.78 is 5.62. The number of halogens is 1. The SMILES string of the molecule is CCNC(=NCc1cccc(OCC(=O)N(C)C)c1)NC1CCN(C2CCCC2)C1.I. The lowest BCUT2D eigenvalue weighted by molar-refractivity contribution is -0.130. The molecule has 2 N–H and O–H groups in total. The Morgan fingerprint density at radius 3 is 2.74 bits per heavy atom. The van der Waals surface area contributed by atoms with Gasteiger partial charge in [0.25, 0.3) is 5.91 Å². The van der Waals surface area contributed by atoms with Crippen LogP contribution in [0.1, 0.15) is 44.6 Å². The van der Waals surface area contributed by atoms with Crippen molar-refractivity contribution in [3.8, 4) is 5.75 Å². The highest BCUT2D eigenvalue weighted by Gasteiger charge is 2.30. The van der Waals surface area contributed by atoms with Crippen molar-refractivity contribution in [3.63, 3.8) is 0 Å². The number of guanidine groups is 1. The Balaban J connectivity index is 0.00000341. The number of carbonyl (C=O) groups is 1. The van der Waals surface area contributed by atoms with Crippen LogP contribution in [0.15, 0.2) is 29.3 Å². The molecule has 1 saturated carbocycles. The second-order valence-electron chi connectivity index (χ2n) is 8.48. The molecule has 0 aromatic heterocycles. The van der Waals surface area contributed by atoms with Crippen molar-refractivity contribution in [2.75, 3.05) is 40.3 Å². The number of amides is 1. The van der Waals surface area contributed by atoms with Crippen LogP contribution in [0.5, 0.6) is 5.75 Å². The van der Waals surface area contributed by atoms with Gasteiger partial charge in [0.05, 0.1) is 6.54 Å². The van der Waals surface area contributed by atoms with Gasteiger partial charge in [0, 0.05) is 45.8 Å². The number of rotatable bonds is 8. The topological polar surface area (TPSA) is 69.2 Å². The zero-order valence-electron chi connectivity index (χ0n) is 19.1. The van der Waals surface area contributed by atoms with Crippen molar-refractivity contribution < 1.29 is 9.53 Å². The minimum atomic E-state index is -0.0553. The average molecular weight is 543 g/mol. The lowest BCUT2D eigenvalue weighted by atomic mass is 10.2. The highest BCUT2D eigenvalue weighted by molar-refractivity contribution is 14.0. The number of likely N-dealkylation sites (N-methyl/N-ethyl adjacent to an activating group) is 1. The Bertz CT molecular complexity index is 722. The van der Waals surface area contributed by atoms with Gasteiger partial charge in [-0.15, -0.1) is 24.0 Å². The summed E-state index contributed by atoms with van der Waals surface area (Å²) in [5.41, 5.74) is 1.06. The van der Waals surface area contributed by atoms with E-state index in [-0.39, 0.29) is 36.5 Å². The second kappa shape index (κ2) is 13.1. The van der Waals surface area contributed by atoms with E-state index >= 15 is 0 Å². The van der Waals surface area contributed by atoms with E-state index in [0.29, 0.717) is 18.3 Å². The minimum Gasteiger partial charge on any atom is -0.484 e. The molecule has 0 radical (unpaired) electrons. The first kappa shape index (κ1) is 25.7. The monoisotopic (exact) mass is 543 g/mol. The Labute approximate surface area is 204 Å². The molecule has 2 fully saturated rings. The zero-order chi connectivity index (χ0) is 21.3. The van der Waals surface area contributed by atoms with Gasteiger partial charge in [-0.2, -0.15) is 0 Å². The number of aliphatic imine (C=N–C) groups is 1. The number of ether oxygens (including phenoxy) is 1. The summed E-state index contributed by atoms with van der Waals surface area (Å²) >= 11 is 0. The van der Waals surface area contributed by atoms with Crippen LogP contribution in [0.4, 0.5) is 0 Å². The van der Waals surface area contributed by atoms with Crippen LogP contribution in [-0.4, -0.2) is 74.1 Å². The molecule has 0 spiro atoms. The Hall–Kier alpha value is -1.55. The maximum Gasteiger partial charge on any atom is 0.259 e. The van der Waals surface area contributed by atoms with E-state index in [1.54, 1.807) is 14.1 Å². The highest BCUT2D eigenvalue weighted by atomic mass is 127. The van der Waals surface area contributed by atoms with E-state index in [0.717, 1.165) is 30.7 Å². The van der Waals surface area contributed by atoms with Crippen molar-refractivity contribution in [2.45, 2.75) is 57.7 Å². The van der Waals surface area contributed by atoms with Crippen LogP contribution >= 0.6 is 24.0 Å². The Kier molecular flexibility index (Phi) is 10.9. The van der Waals surface area contributed by atoms with Crippen molar-refractivity contribution in [1.82, 2.24) is 20.4 Å². The van der Waals surface area contributed by atoms with Gasteiger partial charge < -0.3 is 20.3 Å². The minimum absolute atomic E-state index is 0. The van der Waals surface area contributed by atoms with Gasteiger partial charge >= 0.3 is 0 Å². The smallest absolute Gasteiger partial charge is 0.259 e. The van der Waals surface area contributed by atoms with Gasteiger partial charge in [0.2, 0.25) is 0 Å². The van der Waals surface area contributed by atoms with Crippen LogP contribution in [0, 0.1) is 0 Å². The Morgan fingerprint density at radius 2 is 2.03 bits per heavy atom. The molecular formula is C23H38IN5O2.